The van der Waals surface area contributed by atoms with E-state index in [1.165, 1.54) is 7.11 Å². The zero-order valence-corrected chi connectivity index (χ0v) is 13.6. The van der Waals surface area contributed by atoms with E-state index in [0.29, 0.717) is 23.7 Å². The third kappa shape index (κ3) is 5.79. The van der Waals surface area contributed by atoms with E-state index in [9.17, 15) is 9.59 Å². The molecule has 118 valence electrons. The minimum Gasteiger partial charge on any atom is -0.469 e. The lowest BCUT2D eigenvalue weighted by molar-refractivity contribution is -0.140. The van der Waals surface area contributed by atoms with E-state index in [-0.39, 0.29) is 17.9 Å². The number of aromatic nitrogens is 1. The van der Waals surface area contributed by atoms with E-state index >= 15 is 0 Å². The van der Waals surface area contributed by atoms with Crippen molar-refractivity contribution in [1.82, 2.24) is 9.88 Å². The van der Waals surface area contributed by atoms with Crippen molar-refractivity contribution in [1.29, 1.82) is 0 Å². The molecule has 0 spiro atoms. The number of halogens is 1. The van der Waals surface area contributed by atoms with Crippen LogP contribution in [0.4, 0.5) is 0 Å². The predicted molar refractivity (Wildman–Crippen MR) is 82.6 cm³/mol. The number of hydrogen-bond acceptors (Lipinski definition) is 3. The molecule has 1 rings (SSSR count). The molecule has 1 aromatic rings. The smallest absolute Gasteiger partial charge is 0.305 e. The van der Waals surface area contributed by atoms with Gasteiger partial charge in [-0.25, -0.2) is 0 Å². The average Bonchev–Trinajstić information content (AvgIpc) is 2.84. The van der Waals surface area contributed by atoms with Crippen molar-refractivity contribution >= 4 is 23.5 Å². The summed E-state index contributed by atoms with van der Waals surface area (Å²) in [5.41, 5.74) is 0.574. The van der Waals surface area contributed by atoms with Crippen LogP contribution in [0.15, 0.2) is 12.3 Å². The molecule has 0 radical (unpaired) electrons. The van der Waals surface area contributed by atoms with Gasteiger partial charge >= 0.3 is 5.97 Å². The van der Waals surface area contributed by atoms with Crippen molar-refractivity contribution in [2.45, 2.75) is 45.6 Å². The SMILES string of the molecule is COC(=O)CCCCCNC(=O)c1cc(Cl)cn1C(C)C. The number of carbonyl (C=O) groups is 2. The van der Waals surface area contributed by atoms with E-state index in [1.807, 2.05) is 18.4 Å². The van der Waals surface area contributed by atoms with Gasteiger partial charge in [0.2, 0.25) is 0 Å². The molecular formula is C15H23ClN2O3. The van der Waals surface area contributed by atoms with Gasteiger partial charge in [-0.2, -0.15) is 0 Å². The lowest BCUT2D eigenvalue weighted by Crippen LogP contribution is -2.27. The first-order chi connectivity index (χ1) is 9.95. The zero-order valence-electron chi connectivity index (χ0n) is 12.8. The minimum absolute atomic E-state index is 0.122. The number of nitrogens with zero attached hydrogens (tertiary/aromatic N) is 1. The first-order valence-electron chi connectivity index (χ1n) is 7.18. The Labute approximate surface area is 130 Å². The molecule has 1 aromatic heterocycles. The Morgan fingerprint density at radius 2 is 2.05 bits per heavy atom. The summed E-state index contributed by atoms with van der Waals surface area (Å²) in [6, 6.07) is 1.85. The largest absolute Gasteiger partial charge is 0.469 e. The average molecular weight is 315 g/mol. The number of esters is 1. The second kappa shape index (κ2) is 8.72. The Kier molecular flexibility index (Phi) is 7.29. The third-order valence-corrected chi connectivity index (χ3v) is 3.38. The molecule has 6 heteroatoms. The highest BCUT2D eigenvalue weighted by Gasteiger charge is 2.14. The highest BCUT2D eigenvalue weighted by Crippen LogP contribution is 2.18. The van der Waals surface area contributed by atoms with Crippen LogP contribution >= 0.6 is 11.6 Å². The number of hydrogen-bond donors (Lipinski definition) is 1. The van der Waals surface area contributed by atoms with Crippen molar-refractivity contribution in [3.63, 3.8) is 0 Å². The summed E-state index contributed by atoms with van der Waals surface area (Å²) in [6.07, 6.45) is 4.67. The summed E-state index contributed by atoms with van der Waals surface area (Å²) in [5.74, 6) is -0.313. The lowest BCUT2D eigenvalue weighted by atomic mass is 10.2. The third-order valence-electron chi connectivity index (χ3n) is 3.18. The summed E-state index contributed by atoms with van der Waals surface area (Å²) in [4.78, 5) is 23.0. The summed E-state index contributed by atoms with van der Waals surface area (Å²) in [5, 5.41) is 3.44. The van der Waals surface area contributed by atoms with Crippen LogP contribution in [0.1, 0.15) is 56.1 Å². The molecular weight excluding hydrogens is 292 g/mol. The highest BCUT2D eigenvalue weighted by atomic mass is 35.5. The van der Waals surface area contributed by atoms with Gasteiger partial charge in [-0.05, 0) is 32.8 Å². The first kappa shape index (κ1) is 17.6. The Balaban J connectivity index is 2.33. The van der Waals surface area contributed by atoms with Crippen LogP contribution < -0.4 is 5.32 Å². The highest BCUT2D eigenvalue weighted by molar-refractivity contribution is 6.31. The van der Waals surface area contributed by atoms with Crippen LogP contribution in [0.25, 0.3) is 0 Å². The predicted octanol–water partition coefficient (Wildman–Crippen LogP) is 3.19. The Bertz CT molecular complexity index is 483. The fourth-order valence-electron chi connectivity index (χ4n) is 2.02. The molecule has 5 nitrogen and oxygen atoms in total. The van der Waals surface area contributed by atoms with Gasteiger partial charge in [0.15, 0.2) is 0 Å². The van der Waals surface area contributed by atoms with Crippen LogP contribution in [0.5, 0.6) is 0 Å². The van der Waals surface area contributed by atoms with Gasteiger partial charge in [-0.15, -0.1) is 0 Å². The molecule has 0 atom stereocenters. The second-order valence-corrected chi connectivity index (χ2v) is 5.62. The molecule has 0 aliphatic heterocycles. The number of methoxy groups -OCH3 is 1. The molecule has 0 bridgehead atoms. The quantitative estimate of drug-likeness (QED) is 0.592. The fraction of sp³-hybridized carbons (Fsp3) is 0.600. The molecule has 0 aliphatic rings. The van der Waals surface area contributed by atoms with Gasteiger partial charge in [-0.3, -0.25) is 9.59 Å². The van der Waals surface area contributed by atoms with Crippen molar-refractivity contribution in [3.8, 4) is 0 Å². The molecule has 1 amide bonds. The molecule has 1 N–H and O–H groups in total. The van der Waals surface area contributed by atoms with E-state index < -0.39 is 0 Å². The lowest BCUT2D eigenvalue weighted by Gasteiger charge is -2.12. The number of nitrogens with one attached hydrogen (secondary N) is 1. The summed E-state index contributed by atoms with van der Waals surface area (Å²) in [6.45, 7) is 4.58. The molecule has 0 unspecified atom stereocenters. The minimum atomic E-state index is -0.191. The number of unbranched alkanes of at least 4 members (excludes halogenated alkanes) is 2. The van der Waals surface area contributed by atoms with Crippen molar-refractivity contribution in [2.75, 3.05) is 13.7 Å². The van der Waals surface area contributed by atoms with Crippen molar-refractivity contribution in [3.05, 3.63) is 23.0 Å². The Morgan fingerprint density at radius 3 is 2.67 bits per heavy atom. The van der Waals surface area contributed by atoms with Gasteiger partial charge in [0, 0.05) is 25.2 Å². The first-order valence-corrected chi connectivity index (χ1v) is 7.56. The van der Waals surface area contributed by atoms with E-state index in [4.69, 9.17) is 11.6 Å². The van der Waals surface area contributed by atoms with Crippen molar-refractivity contribution in [2.24, 2.45) is 0 Å². The van der Waals surface area contributed by atoms with Gasteiger partial charge in [-0.1, -0.05) is 18.0 Å². The number of rotatable bonds is 8. The number of amides is 1. The van der Waals surface area contributed by atoms with Gasteiger partial charge < -0.3 is 14.6 Å². The maximum atomic E-state index is 12.1. The molecule has 0 fully saturated rings. The maximum Gasteiger partial charge on any atom is 0.305 e. The topological polar surface area (TPSA) is 60.3 Å². The molecule has 1 heterocycles. The Morgan fingerprint density at radius 1 is 1.33 bits per heavy atom. The fourth-order valence-corrected chi connectivity index (χ4v) is 2.23. The second-order valence-electron chi connectivity index (χ2n) is 5.19. The van der Waals surface area contributed by atoms with Crippen LogP contribution in [0.2, 0.25) is 5.02 Å². The molecule has 0 saturated carbocycles. The number of ether oxygens (including phenoxy) is 1. The van der Waals surface area contributed by atoms with Crippen LogP contribution in [-0.4, -0.2) is 30.1 Å². The molecule has 21 heavy (non-hydrogen) atoms. The molecule has 0 aromatic carbocycles. The summed E-state index contributed by atoms with van der Waals surface area (Å²) in [7, 11) is 1.39. The number of carbonyl (C=O) groups excluding carboxylic acids is 2. The summed E-state index contributed by atoms with van der Waals surface area (Å²) < 4.78 is 6.42. The van der Waals surface area contributed by atoms with Crippen LogP contribution in [0.3, 0.4) is 0 Å². The molecule has 0 aliphatic carbocycles. The van der Waals surface area contributed by atoms with Crippen molar-refractivity contribution < 1.29 is 14.3 Å². The monoisotopic (exact) mass is 314 g/mol. The summed E-state index contributed by atoms with van der Waals surface area (Å²) >= 11 is 5.96. The van der Waals surface area contributed by atoms with E-state index in [2.05, 4.69) is 10.1 Å². The van der Waals surface area contributed by atoms with Gasteiger partial charge in [0.05, 0.1) is 12.1 Å². The standard InChI is InChI=1S/C15H23ClN2O3/c1-11(2)18-10-12(16)9-13(18)15(20)17-8-6-4-5-7-14(19)21-3/h9-11H,4-8H2,1-3H3,(H,17,20). The van der Waals surface area contributed by atoms with E-state index in [0.717, 1.165) is 19.3 Å². The Hall–Kier alpha value is -1.49. The van der Waals surface area contributed by atoms with Gasteiger partial charge in [0.25, 0.3) is 5.91 Å². The zero-order chi connectivity index (χ0) is 15.8. The maximum absolute atomic E-state index is 12.1. The molecule has 0 saturated heterocycles. The van der Waals surface area contributed by atoms with Gasteiger partial charge in [0.1, 0.15) is 5.69 Å². The van der Waals surface area contributed by atoms with Crippen LogP contribution in [-0.2, 0) is 9.53 Å². The normalized spacial score (nSPS) is 10.7. The van der Waals surface area contributed by atoms with Crippen LogP contribution in [0, 0.1) is 0 Å². The van der Waals surface area contributed by atoms with E-state index in [1.54, 1.807) is 12.3 Å².